The Morgan fingerprint density at radius 2 is 1.36 bits per heavy atom. The number of amides is 1. The number of carbonyl (C=O) groups excluding carboxylic acids is 1. The van der Waals surface area contributed by atoms with Crippen molar-refractivity contribution in [1.82, 2.24) is 9.80 Å². The lowest BCUT2D eigenvalue weighted by Gasteiger charge is -2.36. The van der Waals surface area contributed by atoms with Gasteiger partial charge in [-0.2, -0.15) is 0 Å². The van der Waals surface area contributed by atoms with Gasteiger partial charge in [-0.25, -0.2) is 9.59 Å². The second kappa shape index (κ2) is 13.6. The minimum absolute atomic E-state index is 0.167. The van der Waals surface area contributed by atoms with E-state index in [1.54, 1.807) is 0 Å². The molecule has 2 aliphatic heterocycles. The third-order valence-electron chi connectivity index (χ3n) is 7.14. The Hall–Kier alpha value is -4.17. The number of hydrogen-bond acceptors (Lipinski definition) is 5. The van der Waals surface area contributed by atoms with Gasteiger partial charge in [0.25, 0.3) is 0 Å². The largest absolute Gasteiger partial charge is 0.489 e. The van der Waals surface area contributed by atoms with Crippen molar-refractivity contribution < 1.29 is 29.3 Å². The van der Waals surface area contributed by atoms with E-state index in [1.807, 2.05) is 18.2 Å². The molecular formula is C31H34N2O6. The van der Waals surface area contributed by atoms with E-state index < -0.39 is 11.9 Å². The molecule has 0 saturated carbocycles. The summed E-state index contributed by atoms with van der Waals surface area (Å²) in [5.74, 6) is -2.23. The minimum atomic E-state index is -1.82. The Morgan fingerprint density at radius 3 is 2.00 bits per heavy atom. The van der Waals surface area contributed by atoms with Gasteiger partial charge in [-0.05, 0) is 66.7 Å². The topological polar surface area (TPSA) is 107 Å². The molecule has 0 radical (unpaired) electrons. The number of piperidine rings is 1. The van der Waals surface area contributed by atoms with Crippen LogP contribution in [0, 0.1) is 5.92 Å². The average molecular weight is 531 g/mol. The number of likely N-dealkylation sites (tertiary alicyclic amines) is 1. The fourth-order valence-electron chi connectivity index (χ4n) is 4.97. The maximum absolute atomic E-state index is 13.1. The first-order chi connectivity index (χ1) is 18.9. The van der Waals surface area contributed by atoms with Crippen LogP contribution in [-0.4, -0.2) is 57.5 Å². The highest BCUT2D eigenvalue weighted by molar-refractivity contribution is 6.27. The average Bonchev–Trinajstić information content (AvgIpc) is 2.97. The predicted octanol–water partition coefficient (Wildman–Crippen LogP) is 4.22. The Balaban J connectivity index is 0.000000531. The number of carboxylic acid groups (broad SMARTS) is 2. The molecule has 0 spiro atoms. The summed E-state index contributed by atoms with van der Waals surface area (Å²) in [6.07, 6.45) is 2.89. The van der Waals surface area contributed by atoms with Crippen LogP contribution in [0.1, 0.15) is 35.1 Å². The van der Waals surface area contributed by atoms with Gasteiger partial charge < -0.3 is 19.8 Å². The highest BCUT2D eigenvalue weighted by Crippen LogP contribution is 2.25. The lowest BCUT2D eigenvalue weighted by atomic mass is 9.93. The molecule has 204 valence electrons. The number of fused-ring (bicyclic) bond motifs is 1. The second-order valence-electron chi connectivity index (χ2n) is 9.86. The fraction of sp³-hybridized carbons (Fsp3) is 0.323. The van der Waals surface area contributed by atoms with Crippen molar-refractivity contribution in [3.05, 3.63) is 101 Å². The molecule has 1 fully saturated rings. The van der Waals surface area contributed by atoms with Crippen LogP contribution < -0.4 is 4.74 Å². The van der Waals surface area contributed by atoms with E-state index in [0.29, 0.717) is 12.5 Å². The number of hydrogen-bond donors (Lipinski definition) is 2. The van der Waals surface area contributed by atoms with Crippen LogP contribution in [0.15, 0.2) is 78.9 Å². The molecule has 0 aliphatic carbocycles. The van der Waals surface area contributed by atoms with E-state index in [1.165, 1.54) is 22.3 Å². The van der Waals surface area contributed by atoms with Crippen LogP contribution in [0.2, 0.25) is 0 Å². The monoisotopic (exact) mass is 530 g/mol. The van der Waals surface area contributed by atoms with Gasteiger partial charge in [0.05, 0.1) is 0 Å². The third kappa shape index (κ3) is 8.15. The number of carbonyl (C=O) groups is 3. The maximum Gasteiger partial charge on any atom is 0.414 e. The molecule has 39 heavy (non-hydrogen) atoms. The Kier molecular flexibility index (Phi) is 9.69. The lowest BCUT2D eigenvalue weighted by molar-refractivity contribution is -0.159. The zero-order chi connectivity index (χ0) is 27.6. The number of rotatable bonds is 6. The van der Waals surface area contributed by atoms with Crippen molar-refractivity contribution in [1.29, 1.82) is 0 Å². The maximum atomic E-state index is 13.1. The molecule has 8 heteroatoms. The van der Waals surface area contributed by atoms with Crippen molar-refractivity contribution in [2.75, 3.05) is 19.6 Å². The normalized spacial score (nSPS) is 15.4. The molecule has 2 N–H and O–H groups in total. The van der Waals surface area contributed by atoms with Gasteiger partial charge in [-0.15, -0.1) is 0 Å². The molecule has 1 amide bonds. The molecular weight excluding hydrogens is 496 g/mol. The van der Waals surface area contributed by atoms with Gasteiger partial charge in [0.1, 0.15) is 12.4 Å². The van der Waals surface area contributed by atoms with E-state index >= 15 is 0 Å². The van der Waals surface area contributed by atoms with Gasteiger partial charge in [-0.1, -0.05) is 66.7 Å². The molecule has 0 unspecified atom stereocenters. The third-order valence-corrected chi connectivity index (χ3v) is 7.14. The standard InChI is InChI=1S/C29H32N2O2.C2H2O4/c32-29(31-19-16-25-8-4-5-9-27(25)21-31)26-14-17-30(18-15-26)20-23-10-12-28(13-11-23)33-22-24-6-2-1-3-7-24;3-1(4)2(5)6/h1-13,26H,14-22H2;(H,3,4)(H,5,6). The highest BCUT2D eigenvalue weighted by atomic mass is 16.5. The van der Waals surface area contributed by atoms with Crippen molar-refractivity contribution in [3.63, 3.8) is 0 Å². The van der Waals surface area contributed by atoms with Gasteiger partial charge in [0.15, 0.2) is 0 Å². The molecule has 8 nitrogen and oxygen atoms in total. The Morgan fingerprint density at radius 1 is 0.744 bits per heavy atom. The summed E-state index contributed by atoms with van der Waals surface area (Å²) < 4.78 is 5.90. The second-order valence-corrected chi connectivity index (χ2v) is 9.86. The molecule has 3 aromatic rings. The zero-order valence-corrected chi connectivity index (χ0v) is 21.9. The van der Waals surface area contributed by atoms with Crippen LogP contribution in [0.4, 0.5) is 0 Å². The first-order valence-corrected chi connectivity index (χ1v) is 13.2. The van der Waals surface area contributed by atoms with Gasteiger partial charge in [-0.3, -0.25) is 9.69 Å². The van der Waals surface area contributed by atoms with Crippen molar-refractivity contribution in [2.45, 2.75) is 39.0 Å². The first-order valence-electron chi connectivity index (χ1n) is 13.2. The molecule has 0 aromatic heterocycles. The smallest absolute Gasteiger partial charge is 0.414 e. The van der Waals surface area contributed by atoms with Crippen LogP contribution in [0.5, 0.6) is 5.75 Å². The molecule has 2 aliphatic rings. The number of benzene rings is 3. The summed E-state index contributed by atoms with van der Waals surface area (Å²) in [6, 6.07) is 27.2. The van der Waals surface area contributed by atoms with Gasteiger partial charge >= 0.3 is 11.9 Å². The van der Waals surface area contributed by atoms with E-state index in [-0.39, 0.29) is 5.92 Å². The summed E-state index contributed by atoms with van der Waals surface area (Å²) in [5.41, 5.74) is 5.17. The molecule has 1 saturated heterocycles. The summed E-state index contributed by atoms with van der Waals surface area (Å²) in [6.45, 7) is 5.10. The van der Waals surface area contributed by atoms with Crippen LogP contribution >= 0.6 is 0 Å². The van der Waals surface area contributed by atoms with E-state index in [0.717, 1.165) is 57.7 Å². The first kappa shape index (κ1) is 27.9. The number of ether oxygens (including phenoxy) is 1. The molecule has 3 aromatic carbocycles. The lowest BCUT2D eigenvalue weighted by Crippen LogP contribution is -2.44. The summed E-state index contributed by atoms with van der Waals surface area (Å²) >= 11 is 0. The quantitative estimate of drug-likeness (QED) is 0.460. The number of aliphatic carboxylic acids is 2. The van der Waals surface area contributed by atoms with Crippen LogP contribution in [-0.2, 0) is 40.5 Å². The SMILES string of the molecule is O=C(C1CCN(Cc2ccc(OCc3ccccc3)cc2)CC1)N1CCc2ccccc2C1.O=C(O)C(=O)O. The fourth-order valence-corrected chi connectivity index (χ4v) is 4.97. The molecule has 0 atom stereocenters. The van der Waals surface area contributed by atoms with Crippen LogP contribution in [0.3, 0.4) is 0 Å². The minimum Gasteiger partial charge on any atom is -0.489 e. The van der Waals surface area contributed by atoms with E-state index in [9.17, 15) is 4.79 Å². The molecule has 2 heterocycles. The van der Waals surface area contributed by atoms with Crippen molar-refractivity contribution in [2.24, 2.45) is 5.92 Å². The molecule has 0 bridgehead atoms. The van der Waals surface area contributed by atoms with Crippen LogP contribution in [0.25, 0.3) is 0 Å². The van der Waals surface area contributed by atoms with E-state index in [2.05, 4.69) is 70.5 Å². The van der Waals surface area contributed by atoms with Gasteiger partial charge in [0.2, 0.25) is 5.91 Å². The summed E-state index contributed by atoms with van der Waals surface area (Å²) in [5, 5.41) is 14.8. The summed E-state index contributed by atoms with van der Waals surface area (Å²) in [7, 11) is 0. The van der Waals surface area contributed by atoms with Crippen molar-refractivity contribution in [3.8, 4) is 5.75 Å². The molecule has 5 rings (SSSR count). The number of carboxylic acids is 2. The predicted molar refractivity (Wildman–Crippen MR) is 146 cm³/mol. The van der Waals surface area contributed by atoms with E-state index in [4.69, 9.17) is 24.5 Å². The summed E-state index contributed by atoms with van der Waals surface area (Å²) in [4.78, 5) is 35.9. The van der Waals surface area contributed by atoms with Gasteiger partial charge in [0, 0.05) is 25.6 Å². The number of nitrogens with zero attached hydrogens (tertiary/aromatic N) is 2. The van der Waals surface area contributed by atoms with Crippen molar-refractivity contribution >= 4 is 17.8 Å². The zero-order valence-electron chi connectivity index (χ0n) is 21.9. The Labute approximate surface area is 228 Å². The highest BCUT2D eigenvalue weighted by Gasteiger charge is 2.30. The Bertz CT molecular complexity index is 1240.